The van der Waals surface area contributed by atoms with Gasteiger partial charge in [-0.1, -0.05) is 12.1 Å². The first-order valence-corrected chi connectivity index (χ1v) is 5.70. The zero-order valence-corrected chi connectivity index (χ0v) is 9.05. The van der Waals surface area contributed by atoms with Crippen molar-refractivity contribution in [3.63, 3.8) is 0 Å². The van der Waals surface area contributed by atoms with Crippen LogP contribution in [0.1, 0.15) is 24.6 Å². The molecule has 0 radical (unpaired) electrons. The summed E-state index contributed by atoms with van der Waals surface area (Å²) in [4.78, 5) is 19.2. The summed E-state index contributed by atoms with van der Waals surface area (Å²) in [6.45, 7) is 0. The Hall–Kier alpha value is -2.17. The van der Waals surface area contributed by atoms with Crippen LogP contribution in [0.4, 0.5) is 0 Å². The normalized spacial score (nSPS) is 15.8. The fraction of sp³-hybridized carbons (Fsp3) is 0.250. The molecule has 2 heterocycles. The highest BCUT2D eigenvalue weighted by molar-refractivity contribution is 5.90. The number of rotatable bonds is 1. The number of hydrogen-bond acceptors (Lipinski definition) is 3. The first kappa shape index (κ1) is 8.92. The Labute approximate surface area is 96.1 Å². The van der Waals surface area contributed by atoms with Crippen LogP contribution in [0, 0.1) is 0 Å². The molecular weight excluding hydrogens is 216 g/mol. The molecule has 1 aliphatic rings. The number of aromatic nitrogens is 4. The smallest absolute Gasteiger partial charge is 0.305 e. The Morgan fingerprint density at radius 2 is 2.12 bits per heavy atom. The second-order valence-corrected chi connectivity index (χ2v) is 4.46. The summed E-state index contributed by atoms with van der Waals surface area (Å²) < 4.78 is 1.37. The molecule has 0 spiro atoms. The van der Waals surface area contributed by atoms with Crippen molar-refractivity contribution in [1.29, 1.82) is 0 Å². The van der Waals surface area contributed by atoms with Gasteiger partial charge in [-0.2, -0.15) is 4.52 Å². The van der Waals surface area contributed by atoms with Gasteiger partial charge < -0.3 is 4.98 Å². The van der Waals surface area contributed by atoms with Crippen molar-refractivity contribution in [3.05, 3.63) is 40.6 Å². The maximum absolute atomic E-state index is 11.9. The summed E-state index contributed by atoms with van der Waals surface area (Å²) in [6.07, 6.45) is 2.26. The molecule has 0 unspecified atom stereocenters. The zero-order chi connectivity index (χ0) is 11.4. The lowest BCUT2D eigenvalue weighted by Crippen LogP contribution is -2.17. The predicted octanol–water partition coefficient (Wildman–Crippen LogP) is 1.45. The van der Waals surface area contributed by atoms with Crippen LogP contribution < -0.4 is 5.69 Å². The van der Waals surface area contributed by atoms with Gasteiger partial charge in [0, 0.05) is 11.3 Å². The minimum absolute atomic E-state index is 0.224. The molecule has 2 aromatic heterocycles. The maximum Gasteiger partial charge on any atom is 0.348 e. The van der Waals surface area contributed by atoms with E-state index in [-0.39, 0.29) is 5.69 Å². The summed E-state index contributed by atoms with van der Waals surface area (Å²) in [5.74, 6) is 1.25. The second kappa shape index (κ2) is 2.94. The fourth-order valence-corrected chi connectivity index (χ4v) is 2.11. The lowest BCUT2D eigenvalue weighted by molar-refractivity contribution is 0.834. The molecule has 3 aromatic rings. The molecule has 5 nitrogen and oxygen atoms in total. The van der Waals surface area contributed by atoms with E-state index in [1.807, 2.05) is 24.3 Å². The van der Waals surface area contributed by atoms with Crippen LogP contribution in [0.25, 0.3) is 16.6 Å². The molecule has 1 N–H and O–H groups in total. The van der Waals surface area contributed by atoms with Gasteiger partial charge in [0.25, 0.3) is 0 Å². The van der Waals surface area contributed by atoms with Crippen molar-refractivity contribution in [2.24, 2.45) is 0 Å². The van der Waals surface area contributed by atoms with Crippen LogP contribution in [0.15, 0.2) is 29.1 Å². The van der Waals surface area contributed by atoms with Gasteiger partial charge in [0.1, 0.15) is 0 Å². The van der Waals surface area contributed by atoms with Crippen molar-refractivity contribution in [3.8, 4) is 0 Å². The molecular formula is C12H10N4O. The van der Waals surface area contributed by atoms with E-state index in [2.05, 4.69) is 15.1 Å². The van der Waals surface area contributed by atoms with E-state index in [0.29, 0.717) is 11.6 Å². The summed E-state index contributed by atoms with van der Waals surface area (Å²) in [6, 6.07) is 7.66. The van der Waals surface area contributed by atoms with E-state index in [4.69, 9.17) is 0 Å². The third-order valence-electron chi connectivity index (χ3n) is 3.17. The van der Waals surface area contributed by atoms with Gasteiger partial charge in [0.05, 0.1) is 5.52 Å². The largest absolute Gasteiger partial charge is 0.348 e. The first-order valence-electron chi connectivity index (χ1n) is 5.70. The van der Waals surface area contributed by atoms with Gasteiger partial charge in [-0.25, -0.2) is 9.78 Å². The molecule has 5 heteroatoms. The monoisotopic (exact) mass is 226 g/mol. The van der Waals surface area contributed by atoms with Gasteiger partial charge in [0.2, 0.25) is 0 Å². The van der Waals surface area contributed by atoms with E-state index < -0.39 is 0 Å². The van der Waals surface area contributed by atoms with Crippen LogP contribution in [-0.2, 0) is 0 Å². The minimum atomic E-state index is -0.224. The SMILES string of the molecule is O=c1[nH]c2ccccc2c2nc(C3CC3)nn12. The fourth-order valence-electron chi connectivity index (χ4n) is 2.11. The van der Waals surface area contributed by atoms with Gasteiger partial charge in [-0.15, -0.1) is 5.10 Å². The molecule has 1 aromatic carbocycles. The van der Waals surface area contributed by atoms with Crippen molar-refractivity contribution in [2.45, 2.75) is 18.8 Å². The van der Waals surface area contributed by atoms with Crippen LogP contribution in [0.3, 0.4) is 0 Å². The van der Waals surface area contributed by atoms with E-state index in [0.717, 1.165) is 29.6 Å². The summed E-state index contributed by atoms with van der Waals surface area (Å²) in [7, 11) is 0. The van der Waals surface area contributed by atoms with Gasteiger partial charge in [-0.3, -0.25) is 0 Å². The van der Waals surface area contributed by atoms with Crippen molar-refractivity contribution in [1.82, 2.24) is 19.6 Å². The number of aromatic amines is 1. The quantitative estimate of drug-likeness (QED) is 0.683. The van der Waals surface area contributed by atoms with Crippen molar-refractivity contribution < 1.29 is 0 Å². The second-order valence-electron chi connectivity index (χ2n) is 4.46. The standard InChI is InChI=1S/C12H10N4O/c17-12-13-9-4-2-1-3-8(9)11-14-10(7-5-6-7)15-16(11)12/h1-4,7H,5-6H2,(H,13,17). The predicted molar refractivity (Wildman–Crippen MR) is 63.1 cm³/mol. The molecule has 4 rings (SSSR count). The maximum atomic E-state index is 11.9. The molecule has 1 aliphatic carbocycles. The average molecular weight is 226 g/mol. The Balaban J connectivity index is 2.19. The highest BCUT2D eigenvalue weighted by atomic mass is 16.1. The molecule has 0 bridgehead atoms. The Morgan fingerprint density at radius 1 is 1.29 bits per heavy atom. The minimum Gasteiger partial charge on any atom is -0.305 e. The van der Waals surface area contributed by atoms with Gasteiger partial charge in [-0.05, 0) is 25.0 Å². The van der Waals surface area contributed by atoms with E-state index in [9.17, 15) is 4.79 Å². The van der Waals surface area contributed by atoms with Crippen LogP contribution in [0.5, 0.6) is 0 Å². The third kappa shape index (κ3) is 1.22. The molecule has 84 valence electrons. The summed E-state index contributed by atoms with van der Waals surface area (Å²) in [5, 5.41) is 5.22. The Kier molecular flexibility index (Phi) is 1.54. The summed E-state index contributed by atoms with van der Waals surface area (Å²) >= 11 is 0. The first-order chi connectivity index (χ1) is 8.33. The molecule has 1 fully saturated rings. The number of nitrogens with one attached hydrogen (secondary N) is 1. The number of H-pyrrole nitrogens is 1. The van der Waals surface area contributed by atoms with E-state index in [1.165, 1.54) is 4.52 Å². The highest BCUT2D eigenvalue weighted by Crippen LogP contribution is 2.38. The Bertz CT molecular complexity index is 782. The number of fused-ring (bicyclic) bond motifs is 3. The van der Waals surface area contributed by atoms with Crippen LogP contribution >= 0.6 is 0 Å². The lowest BCUT2D eigenvalue weighted by Gasteiger charge is -1.97. The molecule has 0 amide bonds. The lowest BCUT2D eigenvalue weighted by atomic mass is 10.2. The average Bonchev–Trinajstić information content (AvgIpc) is 3.09. The molecule has 0 saturated heterocycles. The van der Waals surface area contributed by atoms with E-state index >= 15 is 0 Å². The van der Waals surface area contributed by atoms with Crippen LogP contribution in [-0.4, -0.2) is 19.6 Å². The highest BCUT2D eigenvalue weighted by Gasteiger charge is 2.28. The molecule has 0 atom stereocenters. The number of benzene rings is 1. The molecule has 1 saturated carbocycles. The van der Waals surface area contributed by atoms with Crippen molar-refractivity contribution in [2.75, 3.05) is 0 Å². The molecule has 0 aliphatic heterocycles. The topological polar surface area (TPSA) is 63.0 Å². The van der Waals surface area contributed by atoms with Gasteiger partial charge >= 0.3 is 5.69 Å². The third-order valence-corrected chi connectivity index (χ3v) is 3.17. The Morgan fingerprint density at radius 3 is 2.94 bits per heavy atom. The number of hydrogen-bond donors (Lipinski definition) is 1. The summed E-state index contributed by atoms with van der Waals surface area (Å²) in [5.41, 5.74) is 1.24. The van der Waals surface area contributed by atoms with Crippen LogP contribution in [0.2, 0.25) is 0 Å². The van der Waals surface area contributed by atoms with Crippen molar-refractivity contribution >= 4 is 16.6 Å². The molecule has 17 heavy (non-hydrogen) atoms. The van der Waals surface area contributed by atoms with Gasteiger partial charge in [0.15, 0.2) is 11.5 Å². The van der Waals surface area contributed by atoms with E-state index in [1.54, 1.807) is 0 Å². The number of nitrogens with zero attached hydrogens (tertiary/aromatic N) is 3. The zero-order valence-electron chi connectivity index (χ0n) is 9.05. The number of para-hydroxylation sites is 1.